The van der Waals surface area contributed by atoms with Gasteiger partial charge in [0.25, 0.3) is 0 Å². The Morgan fingerprint density at radius 3 is 1.54 bits per heavy atom. The van der Waals surface area contributed by atoms with Crippen LogP contribution in [0.4, 0.5) is 0 Å². The van der Waals surface area contributed by atoms with E-state index in [0.29, 0.717) is 0 Å². The van der Waals surface area contributed by atoms with Crippen LogP contribution in [0, 0.1) is 5.92 Å². The van der Waals surface area contributed by atoms with Gasteiger partial charge in [0.1, 0.15) is 0 Å². The van der Waals surface area contributed by atoms with E-state index in [2.05, 4.69) is 12.2 Å². The van der Waals surface area contributed by atoms with Crippen LogP contribution in [0.2, 0.25) is 0 Å². The van der Waals surface area contributed by atoms with E-state index in [1.807, 2.05) is 0 Å². The van der Waals surface area contributed by atoms with Gasteiger partial charge in [-0.05, 0) is 25.2 Å². The molecule has 1 amide bonds. The van der Waals surface area contributed by atoms with Crippen molar-refractivity contribution in [1.82, 2.24) is 5.32 Å². The van der Waals surface area contributed by atoms with Gasteiger partial charge >= 0.3 is 0 Å². The third-order valence-corrected chi connectivity index (χ3v) is 6.57. The van der Waals surface area contributed by atoms with Crippen molar-refractivity contribution in [3.63, 3.8) is 0 Å². The van der Waals surface area contributed by atoms with E-state index in [0.717, 1.165) is 25.3 Å². The minimum absolute atomic E-state index is 0.288. The van der Waals surface area contributed by atoms with Crippen LogP contribution in [0.1, 0.15) is 148 Å². The van der Waals surface area contributed by atoms with Crippen molar-refractivity contribution < 1.29 is 4.79 Å². The lowest BCUT2D eigenvalue weighted by Crippen LogP contribution is -2.29. The summed E-state index contributed by atoms with van der Waals surface area (Å²) in [7, 11) is 0. The van der Waals surface area contributed by atoms with E-state index in [-0.39, 0.29) is 5.91 Å². The second kappa shape index (κ2) is 19.8. The van der Waals surface area contributed by atoms with Crippen LogP contribution in [0.25, 0.3) is 0 Å². The van der Waals surface area contributed by atoms with Crippen LogP contribution < -0.4 is 5.32 Å². The van der Waals surface area contributed by atoms with Gasteiger partial charge in [0.2, 0.25) is 5.91 Å². The zero-order valence-corrected chi connectivity index (χ0v) is 19.2. The lowest BCUT2D eigenvalue weighted by molar-refractivity contribution is -0.121. The van der Waals surface area contributed by atoms with Crippen molar-refractivity contribution in [2.45, 2.75) is 148 Å². The first-order valence-electron chi connectivity index (χ1n) is 13.1. The van der Waals surface area contributed by atoms with E-state index in [1.54, 1.807) is 0 Å². The van der Waals surface area contributed by atoms with Gasteiger partial charge in [-0.2, -0.15) is 0 Å². The lowest BCUT2D eigenvalue weighted by Gasteiger charge is -2.21. The van der Waals surface area contributed by atoms with Crippen LogP contribution in [-0.4, -0.2) is 12.5 Å². The summed E-state index contributed by atoms with van der Waals surface area (Å²) in [6.45, 7) is 3.22. The van der Waals surface area contributed by atoms with Crippen LogP contribution >= 0.6 is 0 Å². The van der Waals surface area contributed by atoms with Gasteiger partial charge in [0, 0.05) is 13.0 Å². The molecule has 0 spiro atoms. The van der Waals surface area contributed by atoms with Crippen molar-refractivity contribution in [3.8, 4) is 0 Å². The molecule has 0 radical (unpaired) electrons. The summed E-state index contributed by atoms with van der Waals surface area (Å²) < 4.78 is 0. The Hall–Kier alpha value is -0.530. The summed E-state index contributed by atoms with van der Waals surface area (Å²) in [4.78, 5) is 11.9. The third kappa shape index (κ3) is 16.4. The summed E-state index contributed by atoms with van der Waals surface area (Å²) in [5.74, 6) is 1.04. The zero-order valence-electron chi connectivity index (χ0n) is 19.2. The monoisotopic (exact) mass is 393 g/mol. The molecule has 0 unspecified atom stereocenters. The molecule has 1 aliphatic carbocycles. The van der Waals surface area contributed by atoms with Gasteiger partial charge in [-0.15, -0.1) is 0 Å². The average molecular weight is 394 g/mol. The second-order valence-electron chi connectivity index (χ2n) is 9.36. The largest absolute Gasteiger partial charge is 0.356 e. The Morgan fingerprint density at radius 2 is 1.07 bits per heavy atom. The first-order valence-corrected chi connectivity index (χ1v) is 13.1. The SMILES string of the molecule is CCCCCCCCCCCCCCCCCCC(=O)NCC1CCCCC1. The molecule has 0 saturated heterocycles. The molecule has 28 heavy (non-hydrogen) atoms. The number of carbonyl (C=O) groups excluding carboxylic acids is 1. The number of hydrogen-bond acceptors (Lipinski definition) is 1. The van der Waals surface area contributed by atoms with Crippen molar-refractivity contribution in [1.29, 1.82) is 0 Å². The van der Waals surface area contributed by atoms with Crippen molar-refractivity contribution in [2.75, 3.05) is 6.54 Å². The Morgan fingerprint density at radius 1 is 0.643 bits per heavy atom. The van der Waals surface area contributed by atoms with Crippen molar-refractivity contribution in [2.24, 2.45) is 5.92 Å². The van der Waals surface area contributed by atoms with Crippen LogP contribution in [-0.2, 0) is 4.79 Å². The highest BCUT2D eigenvalue weighted by molar-refractivity contribution is 5.75. The fourth-order valence-electron chi connectivity index (χ4n) is 4.57. The highest BCUT2D eigenvalue weighted by Crippen LogP contribution is 2.22. The molecule has 1 fully saturated rings. The highest BCUT2D eigenvalue weighted by Gasteiger charge is 2.13. The number of hydrogen-bond donors (Lipinski definition) is 1. The summed E-state index contributed by atoms with van der Waals surface area (Å²) in [5, 5.41) is 3.17. The molecule has 0 heterocycles. The summed E-state index contributed by atoms with van der Waals surface area (Å²) in [5.41, 5.74) is 0. The smallest absolute Gasteiger partial charge is 0.220 e. The van der Waals surface area contributed by atoms with Gasteiger partial charge in [-0.25, -0.2) is 0 Å². The molecule has 0 aliphatic heterocycles. The Bertz CT molecular complexity index is 335. The second-order valence-corrected chi connectivity index (χ2v) is 9.36. The van der Waals surface area contributed by atoms with E-state index in [4.69, 9.17) is 0 Å². The predicted molar refractivity (Wildman–Crippen MR) is 124 cm³/mol. The molecule has 1 aliphatic rings. The highest BCUT2D eigenvalue weighted by atomic mass is 16.1. The molecule has 1 saturated carbocycles. The minimum atomic E-state index is 0.288. The molecule has 2 heteroatoms. The standard InChI is InChI=1S/C26H51NO/c1-2-3-4-5-6-7-8-9-10-11-12-13-14-15-16-20-23-26(28)27-24-25-21-18-17-19-22-25/h25H,2-24H2,1H3,(H,27,28). The van der Waals surface area contributed by atoms with E-state index in [9.17, 15) is 4.79 Å². The van der Waals surface area contributed by atoms with Crippen LogP contribution in [0.15, 0.2) is 0 Å². The van der Waals surface area contributed by atoms with E-state index >= 15 is 0 Å². The van der Waals surface area contributed by atoms with Crippen LogP contribution in [0.3, 0.4) is 0 Å². The van der Waals surface area contributed by atoms with Gasteiger partial charge in [-0.1, -0.05) is 122 Å². The lowest BCUT2D eigenvalue weighted by atomic mass is 9.89. The molecule has 0 aromatic heterocycles. The number of rotatable bonds is 19. The molecule has 0 aromatic carbocycles. The summed E-state index contributed by atoms with van der Waals surface area (Å²) in [6.07, 6.45) is 29.7. The predicted octanol–water partition coefficient (Wildman–Crippen LogP) is 8.33. The van der Waals surface area contributed by atoms with Gasteiger partial charge in [-0.3, -0.25) is 4.79 Å². The summed E-state index contributed by atoms with van der Waals surface area (Å²) in [6, 6.07) is 0. The molecule has 0 bridgehead atoms. The van der Waals surface area contributed by atoms with Crippen LogP contribution in [0.5, 0.6) is 0 Å². The number of nitrogens with one attached hydrogen (secondary N) is 1. The van der Waals surface area contributed by atoms with Crippen molar-refractivity contribution in [3.05, 3.63) is 0 Å². The molecule has 1 rings (SSSR count). The zero-order chi connectivity index (χ0) is 20.1. The summed E-state index contributed by atoms with van der Waals surface area (Å²) >= 11 is 0. The number of unbranched alkanes of at least 4 members (excludes halogenated alkanes) is 15. The topological polar surface area (TPSA) is 29.1 Å². The molecule has 1 N–H and O–H groups in total. The van der Waals surface area contributed by atoms with Gasteiger partial charge in [0.05, 0.1) is 0 Å². The fourth-order valence-corrected chi connectivity index (χ4v) is 4.57. The Kier molecular flexibility index (Phi) is 18.0. The molecular formula is C26H51NO. The molecule has 2 nitrogen and oxygen atoms in total. The number of amides is 1. The molecular weight excluding hydrogens is 342 g/mol. The van der Waals surface area contributed by atoms with Gasteiger partial charge in [0.15, 0.2) is 0 Å². The average Bonchev–Trinajstić information content (AvgIpc) is 2.72. The van der Waals surface area contributed by atoms with E-state index in [1.165, 1.54) is 128 Å². The maximum atomic E-state index is 11.9. The van der Waals surface area contributed by atoms with Crippen molar-refractivity contribution >= 4 is 5.91 Å². The first kappa shape index (κ1) is 25.5. The maximum Gasteiger partial charge on any atom is 0.220 e. The van der Waals surface area contributed by atoms with Gasteiger partial charge < -0.3 is 5.32 Å². The Balaban J connectivity index is 1.72. The quantitative estimate of drug-likeness (QED) is 0.219. The third-order valence-electron chi connectivity index (χ3n) is 6.57. The normalized spacial score (nSPS) is 15.0. The first-order chi connectivity index (χ1) is 13.8. The number of carbonyl (C=O) groups is 1. The molecule has 166 valence electrons. The molecule has 0 atom stereocenters. The maximum absolute atomic E-state index is 11.9. The minimum Gasteiger partial charge on any atom is -0.356 e. The molecule has 0 aromatic rings. The Labute approximate surface area is 177 Å². The fraction of sp³-hybridized carbons (Fsp3) is 0.962. The van der Waals surface area contributed by atoms with E-state index < -0.39 is 0 Å².